The van der Waals surface area contributed by atoms with Gasteiger partial charge in [-0.25, -0.2) is 4.39 Å². The van der Waals surface area contributed by atoms with Crippen LogP contribution in [0, 0.1) is 5.82 Å². The van der Waals surface area contributed by atoms with Crippen LogP contribution in [0.3, 0.4) is 0 Å². The molecule has 1 aromatic heterocycles. The topological polar surface area (TPSA) is 21.3 Å². The maximum atomic E-state index is 13.3. The second-order valence-corrected chi connectivity index (χ2v) is 6.13. The Kier molecular flexibility index (Phi) is 4.96. The largest absolute Gasteiger partial charge is 0.496 e. The van der Waals surface area contributed by atoms with Crippen LogP contribution in [0.2, 0.25) is 0 Å². The molecule has 0 spiro atoms. The third kappa shape index (κ3) is 3.78. The molecule has 0 aliphatic heterocycles. The number of halogens is 2. The first-order valence-corrected chi connectivity index (χ1v) is 7.57. The van der Waals surface area contributed by atoms with Crippen molar-refractivity contribution in [3.05, 3.63) is 50.4 Å². The van der Waals surface area contributed by atoms with Crippen molar-refractivity contribution in [2.75, 3.05) is 7.11 Å². The van der Waals surface area contributed by atoms with Crippen LogP contribution in [0.5, 0.6) is 5.75 Å². The zero-order chi connectivity index (χ0) is 13.8. The molecule has 0 aliphatic rings. The van der Waals surface area contributed by atoms with E-state index >= 15 is 0 Å². The van der Waals surface area contributed by atoms with Gasteiger partial charge in [-0.3, -0.25) is 0 Å². The molecule has 1 unspecified atom stereocenters. The highest BCUT2D eigenvalue weighted by atomic mass is 79.9. The summed E-state index contributed by atoms with van der Waals surface area (Å²) in [4.78, 5) is 1.23. The molecule has 1 N–H and O–H groups in total. The second kappa shape index (κ2) is 6.50. The molecule has 0 saturated carbocycles. The molecule has 0 radical (unpaired) electrons. The summed E-state index contributed by atoms with van der Waals surface area (Å²) in [7, 11) is 1.60. The highest BCUT2D eigenvalue weighted by Crippen LogP contribution is 2.27. The van der Waals surface area contributed by atoms with Crippen LogP contribution < -0.4 is 10.1 Å². The fourth-order valence-corrected chi connectivity index (χ4v) is 3.26. The van der Waals surface area contributed by atoms with Gasteiger partial charge < -0.3 is 10.1 Å². The zero-order valence-corrected chi connectivity index (χ0v) is 13.1. The van der Waals surface area contributed by atoms with Crippen molar-refractivity contribution < 1.29 is 9.13 Å². The first kappa shape index (κ1) is 14.5. The fraction of sp³-hybridized carbons (Fsp3) is 0.286. The van der Waals surface area contributed by atoms with Gasteiger partial charge in [0, 0.05) is 32.9 Å². The standard InChI is InChI=1S/C14H15BrFNOS/c1-9(17-7-12-5-10(15)8-19-12)13-6-11(16)3-4-14(13)18-2/h3-6,8-9,17H,7H2,1-2H3. The smallest absolute Gasteiger partial charge is 0.123 e. The number of ether oxygens (including phenoxy) is 1. The average molecular weight is 344 g/mol. The number of nitrogens with one attached hydrogen (secondary N) is 1. The van der Waals surface area contributed by atoms with Gasteiger partial charge in [0.1, 0.15) is 11.6 Å². The van der Waals surface area contributed by atoms with Gasteiger partial charge in [0.05, 0.1) is 7.11 Å². The van der Waals surface area contributed by atoms with E-state index in [1.54, 1.807) is 24.5 Å². The molecule has 2 nitrogen and oxygen atoms in total. The Balaban J connectivity index is 2.06. The lowest BCUT2D eigenvalue weighted by atomic mass is 10.1. The Morgan fingerprint density at radius 1 is 1.42 bits per heavy atom. The van der Waals surface area contributed by atoms with Crippen LogP contribution in [0.15, 0.2) is 34.1 Å². The van der Waals surface area contributed by atoms with Crippen molar-refractivity contribution in [2.24, 2.45) is 0 Å². The van der Waals surface area contributed by atoms with Gasteiger partial charge in [0.2, 0.25) is 0 Å². The van der Waals surface area contributed by atoms with Crippen molar-refractivity contribution in [1.82, 2.24) is 5.32 Å². The van der Waals surface area contributed by atoms with Crippen LogP contribution in [-0.4, -0.2) is 7.11 Å². The van der Waals surface area contributed by atoms with Gasteiger partial charge in [-0.15, -0.1) is 11.3 Å². The van der Waals surface area contributed by atoms with Crippen LogP contribution in [0.1, 0.15) is 23.4 Å². The van der Waals surface area contributed by atoms with E-state index in [1.165, 1.54) is 17.0 Å². The Morgan fingerprint density at radius 3 is 2.84 bits per heavy atom. The highest BCUT2D eigenvalue weighted by molar-refractivity contribution is 9.10. The highest BCUT2D eigenvalue weighted by Gasteiger charge is 2.12. The maximum Gasteiger partial charge on any atom is 0.123 e. The van der Waals surface area contributed by atoms with Crippen molar-refractivity contribution in [2.45, 2.75) is 19.5 Å². The summed E-state index contributed by atoms with van der Waals surface area (Å²) in [5, 5.41) is 5.42. The van der Waals surface area contributed by atoms with E-state index in [4.69, 9.17) is 4.74 Å². The zero-order valence-electron chi connectivity index (χ0n) is 10.7. The molecule has 102 valence electrons. The SMILES string of the molecule is COc1ccc(F)cc1C(C)NCc1cc(Br)cs1. The molecule has 0 saturated heterocycles. The quantitative estimate of drug-likeness (QED) is 0.862. The molecule has 2 aromatic rings. The molecule has 2 rings (SSSR count). The third-order valence-electron chi connectivity index (χ3n) is 2.86. The van der Waals surface area contributed by atoms with Gasteiger partial charge in [0.15, 0.2) is 0 Å². The minimum Gasteiger partial charge on any atom is -0.496 e. The van der Waals surface area contributed by atoms with E-state index in [0.29, 0.717) is 5.75 Å². The van der Waals surface area contributed by atoms with Gasteiger partial charge in [-0.2, -0.15) is 0 Å². The summed E-state index contributed by atoms with van der Waals surface area (Å²) in [5.74, 6) is 0.456. The lowest BCUT2D eigenvalue weighted by Gasteiger charge is -2.17. The molecule has 0 aliphatic carbocycles. The molecule has 1 aromatic carbocycles. The fourth-order valence-electron chi connectivity index (χ4n) is 1.85. The summed E-state index contributed by atoms with van der Waals surface area (Å²) in [5.41, 5.74) is 0.832. The molecule has 5 heteroatoms. The molecule has 0 bridgehead atoms. The minimum atomic E-state index is -0.247. The number of hydrogen-bond acceptors (Lipinski definition) is 3. The van der Waals surface area contributed by atoms with Crippen molar-refractivity contribution in [3.63, 3.8) is 0 Å². The van der Waals surface area contributed by atoms with E-state index in [9.17, 15) is 4.39 Å². The third-order valence-corrected chi connectivity index (χ3v) is 4.56. The van der Waals surface area contributed by atoms with E-state index in [-0.39, 0.29) is 11.9 Å². The second-order valence-electron chi connectivity index (χ2n) is 4.22. The summed E-state index contributed by atoms with van der Waals surface area (Å²) in [6.07, 6.45) is 0. The Hall–Kier alpha value is -0.910. The summed E-state index contributed by atoms with van der Waals surface area (Å²) < 4.78 is 19.7. The lowest BCUT2D eigenvalue weighted by molar-refractivity contribution is 0.400. The Bertz CT molecular complexity index is 558. The molecule has 1 heterocycles. The molecular weight excluding hydrogens is 329 g/mol. The first-order chi connectivity index (χ1) is 9.10. The summed E-state index contributed by atoms with van der Waals surface area (Å²) in [6, 6.07) is 6.68. The van der Waals surface area contributed by atoms with E-state index in [0.717, 1.165) is 16.6 Å². The number of benzene rings is 1. The summed E-state index contributed by atoms with van der Waals surface area (Å²) >= 11 is 5.11. The Labute approximate surface area is 124 Å². The normalized spacial score (nSPS) is 12.4. The van der Waals surface area contributed by atoms with Gasteiger partial charge in [-0.05, 0) is 47.1 Å². The van der Waals surface area contributed by atoms with E-state index in [2.05, 4.69) is 27.3 Å². The number of rotatable bonds is 5. The Morgan fingerprint density at radius 2 is 2.21 bits per heavy atom. The van der Waals surface area contributed by atoms with Crippen LogP contribution in [0.25, 0.3) is 0 Å². The van der Waals surface area contributed by atoms with Gasteiger partial charge in [0.25, 0.3) is 0 Å². The summed E-state index contributed by atoms with van der Waals surface area (Å²) in [6.45, 7) is 2.75. The first-order valence-electron chi connectivity index (χ1n) is 5.90. The monoisotopic (exact) mass is 343 g/mol. The van der Waals surface area contributed by atoms with Crippen molar-refractivity contribution in [3.8, 4) is 5.75 Å². The van der Waals surface area contributed by atoms with Crippen molar-refractivity contribution in [1.29, 1.82) is 0 Å². The number of thiophene rings is 1. The van der Waals surface area contributed by atoms with Crippen molar-refractivity contribution >= 4 is 27.3 Å². The molecule has 1 atom stereocenters. The van der Waals surface area contributed by atoms with Gasteiger partial charge in [-0.1, -0.05) is 0 Å². The van der Waals surface area contributed by atoms with E-state index in [1.807, 2.05) is 12.3 Å². The minimum absolute atomic E-state index is 0.0199. The molecular formula is C14H15BrFNOS. The lowest BCUT2D eigenvalue weighted by Crippen LogP contribution is -2.18. The van der Waals surface area contributed by atoms with Crippen LogP contribution in [-0.2, 0) is 6.54 Å². The van der Waals surface area contributed by atoms with Crippen LogP contribution in [0.4, 0.5) is 4.39 Å². The molecule has 0 amide bonds. The van der Waals surface area contributed by atoms with E-state index < -0.39 is 0 Å². The van der Waals surface area contributed by atoms with Gasteiger partial charge >= 0.3 is 0 Å². The average Bonchev–Trinajstić information content (AvgIpc) is 2.81. The predicted molar refractivity (Wildman–Crippen MR) is 80.2 cm³/mol. The number of hydrogen-bond donors (Lipinski definition) is 1. The molecule has 0 fully saturated rings. The van der Waals surface area contributed by atoms with Crippen LogP contribution >= 0.6 is 27.3 Å². The predicted octanol–water partition coefficient (Wildman–Crippen LogP) is 4.51. The maximum absolute atomic E-state index is 13.3. The number of methoxy groups -OCH3 is 1. The molecule has 19 heavy (non-hydrogen) atoms.